The first kappa shape index (κ1) is 15.9. The Morgan fingerprint density at radius 2 is 1.90 bits per heavy atom. The minimum Gasteiger partial charge on any atom is -0.356 e. The lowest BCUT2D eigenvalue weighted by Gasteiger charge is -2.11. The molecule has 5 heteroatoms. The van der Waals surface area contributed by atoms with Crippen molar-refractivity contribution in [3.05, 3.63) is 56.7 Å². The molecule has 112 valence electrons. The van der Waals surface area contributed by atoms with Gasteiger partial charge in [-0.1, -0.05) is 41.4 Å². The predicted molar refractivity (Wildman–Crippen MR) is 92.4 cm³/mol. The van der Waals surface area contributed by atoms with Crippen LogP contribution in [-0.2, 0) is 13.0 Å². The Hall–Kier alpha value is -1.52. The summed E-state index contributed by atoms with van der Waals surface area (Å²) in [4.78, 5) is 5.51. The molecule has 1 heterocycles. The summed E-state index contributed by atoms with van der Waals surface area (Å²) in [6.45, 7) is 3.70. The van der Waals surface area contributed by atoms with Gasteiger partial charge in [0.15, 0.2) is 5.96 Å². The van der Waals surface area contributed by atoms with Crippen LogP contribution in [0, 0.1) is 6.92 Å². The first-order valence-corrected chi connectivity index (χ1v) is 8.11. The van der Waals surface area contributed by atoms with Gasteiger partial charge in [-0.2, -0.15) is 0 Å². The number of nitrogens with one attached hydrogen (secondary N) is 2. The molecule has 0 spiro atoms. The molecular weight excluding hydrogens is 302 g/mol. The number of hydrogen-bond donors (Lipinski definition) is 2. The molecule has 0 aliphatic rings. The quantitative estimate of drug-likeness (QED) is 0.652. The van der Waals surface area contributed by atoms with Crippen molar-refractivity contribution in [1.82, 2.24) is 10.6 Å². The highest BCUT2D eigenvalue weighted by molar-refractivity contribution is 7.16. The fourth-order valence-electron chi connectivity index (χ4n) is 1.90. The molecular formula is C16H20ClN3S. The molecule has 0 radical (unpaired) electrons. The van der Waals surface area contributed by atoms with Gasteiger partial charge in [-0.05, 0) is 31.0 Å². The van der Waals surface area contributed by atoms with E-state index in [1.807, 2.05) is 6.07 Å². The van der Waals surface area contributed by atoms with E-state index in [-0.39, 0.29) is 0 Å². The zero-order valence-corrected chi connectivity index (χ0v) is 13.9. The maximum absolute atomic E-state index is 5.92. The Morgan fingerprint density at radius 3 is 2.52 bits per heavy atom. The van der Waals surface area contributed by atoms with E-state index in [0.29, 0.717) is 0 Å². The monoisotopic (exact) mass is 321 g/mol. The Labute approximate surface area is 135 Å². The molecule has 2 rings (SSSR count). The molecule has 0 aliphatic heterocycles. The lowest BCUT2D eigenvalue weighted by Crippen LogP contribution is -2.37. The Balaban J connectivity index is 1.74. The number of benzene rings is 1. The highest BCUT2D eigenvalue weighted by Crippen LogP contribution is 2.21. The van der Waals surface area contributed by atoms with Crippen LogP contribution < -0.4 is 10.6 Å². The number of aryl methyl sites for hydroxylation is 1. The zero-order chi connectivity index (χ0) is 15.1. The predicted octanol–water partition coefficient (Wildman–Crippen LogP) is 3.62. The number of guanidine groups is 1. The first-order valence-electron chi connectivity index (χ1n) is 6.91. The highest BCUT2D eigenvalue weighted by Gasteiger charge is 2.00. The van der Waals surface area contributed by atoms with Crippen LogP contribution in [0.1, 0.15) is 16.0 Å². The van der Waals surface area contributed by atoms with Crippen molar-refractivity contribution in [3.63, 3.8) is 0 Å². The molecule has 0 unspecified atom stereocenters. The number of rotatable bonds is 5. The molecule has 0 saturated carbocycles. The van der Waals surface area contributed by atoms with Gasteiger partial charge in [0.1, 0.15) is 0 Å². The van der Waals surface area contributed by atoms with Gasteiger partial charge in [-0.15, -0.1) is 11.3 Å². The Bertz CT molecular complexity index is 590. The molecule has 1 aromatic carbocycles. The number of aliphatic imine (C=N–C) groups is 1. The van der Waals surface area contributed by atoms with E-state index in [9.17, 15) is 0 Å². The van der Waals surface area contributed by atoms with Crippen molar-refractivity contribution in [1.29, 1.82) is 0 Å². The maximum atomic E-state index is 5.92. The van der Waals surface area contributed by atoms with Gasteiger partial charge in [-0.25, -0.2) is 0 Å². The van der Waals surface area contributed by atoms with E-state index in [1.165, 1.54) is 16.0 Å². The van der Waals surface area contributed by atoms with Crippen LogP contribution in [-0.4, -0.2) is 19.6 Å². The summed E-state index contributed by atoms with van der Waals surface area (Å²) in [6.07, 6.45) is 0.947. The summed E-state index contributed by atoms with van der Waals surface area (Å²) in [6, 6.07) is 12.5. The van der Waals surface area contributed by atoms with Crippen LogP contribution >= 0.6 is 22.9 Å². The normalized spacial score (nSPS) is 11.5. The standard InChI is InChI=1S/C16H20ClN3S/c1-12-3-5-13(6-4-12)11-20-16(18-2)19-10-9-14-7-8-15(17)21-14/h3-8H,9-11H2,1-2H3,(H2,18,19,20). The van der Waals surface area contributed by atoms with Gasteiger partial charge in [0, 0.05) is 25.0 Å². The third-order valence-corrected chi connectivity index (χ3v) is 4.39. The smallest absolute Gasteiger partial charge is 0.191 e. The molecule has 0 saturated heterocycles. The van der Waals surface area contributed by atoms with Crippen molar-refractivity contribution >= 4 is 28.9 Å². The average Bonchev–Trinajstić information content (AvgIpc) is 2.90. The van der Waals surface area contributed by atoms with Gasteiger partial charge in [-0.3, -0.25) is 4.99 Å². The molecule has 3 nitrogen and oxygen atoms in total. The fraction of sp³-hybridized carbons (Fsp3) is 0.312. The molecule has 0 bridgehead atoms. The number of halogens is 1. The SMILES string of the molecule is CN=C(NCCc1ccc(Cl)s1)NCc1ccc(C)cc1. The first-order chi connectivity index (χ1) is 10.2. The summed E-state index contributed by atoms with van der Waals surface area (Å²) in [7, 11) is 1.78. The van der Waals surface area contributed by atoms with Crippen LogP contribution in [0.2, 0.25) is 4.34 Å². The molecule has 21 heavy (non-hydrogen) atoms. The van der Waals surface area contributed by atoms with Crippen molar-refractivity contribution in [3.8, 4) is 0 Å². The van der Waals surface area contributed by atoms with Crippen molar-refractivity contribution < 1.29 is 0 Å². The molecule has 0 atom stereocenters. The number of nitrogens with zero attached hydrogens (tertiary/aromatic N) is 1. The molecule has 2 aromatic rings. The largest absolute Gasteiger partial charge is 0.356 e. The van der Waals surface area contributed by atoms with Crippen LogP contribution in [0.25, 0.3) is 0 Å². The Kier molecular flexibility index (Phi) is 6.08. The Morgan fingerprint density at radius 1 is 1.14 bits per heavy atom. The number of hydrogen-bond acceptors (Lipinski definition) is 2. The van der Waals surface area contributed by atoms with Gasteiger partial charge < -0.3 is 10.6 Å². The molecule has 1 aromatic heterocycles. The van der Waals surface area contributed by atoms with E-state index in [1.54, 1.807) is 18.4 Å². The summed E-state index contributed by atoms with van der Waals surface area (Å²) >= 11 is 7.54. The van der Waals surface area contributed by atoms with Crippen LogP contribution in [0.3, 0.4) is 0 Å². The van der Waals surface area contributed by atoms with E-state index in [2.05, 4.69) is 52.9 Å². The lowest BCUT2D eigenvalue weighted by atomic mass is 10.1. The maximum Gasteiger partial charge on any atom is 0.191 e. The van der Waals surface area contributed by atoms with Gasteiger partial charge in [0.05, 0.1) is 4.34 Å². The van der Waals surface area contributed by atoms with E-state index >= 15 is 0 Å². The summed E-state index contributed by atoms with van der Waals surface area (Å²) in [5.41, 5.74) is 2.52. The van der Waals surface area contributed by atoms with Crippen molar-refractivity contribution in [2.75, 3.05) is 13.6 Å². The zero-order valence-electron chi connectivity index (χ0n) is 12.3. The van der Waals surface area contributed by atoms with Crippen molar-refractivity contribution in [2.24, 2.45) is 4.99 Å². The third-order valence-electron chi connectivity index (χ3n) is 3.10. The van der Waals surface area contributed by atoms with E-state index < -0.39 is 0 Å². The molecule has 0 fully saturated rings. The molecule has 0 aliphatic carbocycles. The highest BCUT2D eigenvalue weighted by atomic mass is 35.5. The van der Waals surface area contributed by atoms with E-state index in [4.69, 9.17) is 11.6 Å². The third kappa shape index (κ3) is 5.40. The van der Waals surface area contributed by atoms with Crippen LogP contribution in [0.5, 0.6) is 0 Å². The van der Waals surface area contributed by atoms with Crippen LogP contribution in [0.15, 0.2) is 41.4 Å². The van der Waals surface area contributed by atoms with Gasteiger partial charge in [0.2, 0.25) is 0 Å². The number of thiophene rings is 1. The average molecular weight is 322 g/mol. The van der Waals surface area contributed by atoms with Gasteiger partial charge >= 0.3 is 0 Å². The summed E-state index contributed by atoms with van der Waals surface area (Å²) < 4.78 is 0.840. The topological polar surface area (TPSA) is 36.4 Å². The lowest BCUT2D eigenvalue weighted by molar-refractivity contribution is 0.799. The van der Waals surface area contributed by atoms with Crippen molar-refractivity contribution in [2.45, 2.75) is 19.9 Å². The minimum atomic E-state index is 0.769. The summed E-state index contributed by atoms with van der Waals surface area (Å²) in [5, 5.41) is 6.62. The second-order valence-corrected chi connectivity index (χ2v) is 6.59. The van der Waals surface area contributed by atoms with E-state index in [0.717, 1.165) is 29.8 Å². The fourth-order valence-corrected chi connectivity index (χ4v) is 2.99. The van der Waals surface area contributed by atoms with Crippen LogP contribution in [0.4, 0.5) is 0 Å². The van der Waals surface area contributed by atoms with Gasteiger partial charge in [0.25, 0.3) is 0 Å². The molecule has 0 amide bonds. The summed E-state index contributed by atoms with van der Waals surface area (Å²) in [5.74, 6) is 0.818. The second kappa shape index (κ2) is 8.05. The molecule has 2 N–H and O–H groups in total. The minimum absolute atomic E-state index is 0.769. The second-order valence-electron chi connectivity index (χ2n) is 4.79.